The standard InChI is InChI=1S/C20H20F3N3O3/c21-14-1-4-16(5-2-14)29-13-20(28)26-9-7-25(8-10-26)12-19(27)24-18-11-15(22)3-6-17(18)23/h1-6,11H,7-10,12-13H2,(H,24,27). The topological polar surface area (TPSA) is 61.9 Å². The third-order valence-corrected chi connectivity index (χ3v) is 4.47. The summed E-state index contributed by atoms with van der Waals surface area (Å²) in [5.74, 6) is -2.01. The number of hydrogen-bond acceptors (Lipinski definition) is 4. The minimum Gasteiger partial charge on any atom is -0.484 e. The van der Waals surface area contributed by atoms with Gasteiger partial charge in [-0.3, -0.25) is 14.5 Å². The van der Waals surface area contributed by atoms with Gasteiger partial charge in [-0.25, -0.2) is 13.2 Å². The first-order valence-electron chi connectivity index (χ1n) is 9.04. The van der Waals surface area contributed by atoms with E-state index >= 15 is 0 Å². The Hall–Kier alpha value is -3.07. The van der Waals surface area contributed by atoms with E-state index in [4.69, 9.17) is 4.74 Å². The number of nitrogens with zero attached hydrogens (tertiary/aromatic N) is 2. The first-order chi connectivity index (χ1) is 13.9. The van der Waals surface area contributed by atoms with Crippen LogP contribution < -0.4 is 10.1 Å². The van der Waals surface area contributed by atoms with E-state index < -0.39 is 17.5 Å². The number of carbonyl (C=O) groups excluding carboxylic acids is 2. The molecule has 6 nitrogen and oxygen atoms in total. The summed E-state index contributed by atoms with van der Waals surface area (Å²) < 4.78 is 45.0. The fourth-order valence-electron chi connectivity index (χ4n) is 2.91. The van der Waals surface area contributed by atoms with Gasteiger partial charge in [0.05, 0.1) is 12.2 Å². The van der Waals surface area contributed by atoms with Crippen LogP contribution >= 0.6 is 0 Å². The molecule has 0 spiro atoms. The lowest BCUT2D eigenvalue weighted by molar-refractivity contribution is -0.135. The van der Waals surface area contributed by atoms with Crippen LogP contribution in [-0.2, 0) is 9.59 Å². The lowest BCUT2D eigenvalue weighted by atomic mass is 10.2. The van der Waals surface area contributed by atoms with Crippen molar-refractivity contribution < 1.29 is 27.5 Å². The summed E-state index contributed by atoms with van der Waals surface area (Å²) in [4.78, 5) is 27.7. The molecule has 1 saturated heterocycles. The molecule has 0 saturated carbocycles. The molecule has 1 aliphatic rings. The van der Waals surface area contributed by atoms with E-state index in [9.17, 15) is 22.8 Å². The largest absolute Gasteiger partial charge is 0.484 e. The fourth-order valence-corrected chi connectivity index (χ4v) is 2.91. The van der Waals surface area contributed by atoms with Crippen molar-refractivity contribution in [3.63, 3.8) is 0 Å². The summed E-state index contributed by atoms with van der Waals surface area (Å²) in [7, 11) is 0. The number of piperazine rings is 1. The first kappa shape index (κ1) is 20.7. The van der Waals surface area contributed by atoms with Gasteiger partial charge < -0.3 is 15.0 Å². The molecule has 0 radical (unpaired) electrons. The number of ether oxygens (including phenoxy) is 1. The van der Waals surface area contributed by atoms with Crippen LogP contribution in [0.4, 0.5) is 18.9 Å². The van der Waals surface area contributed by atoms with Gasteiger partial charge in [-0.1, -0.05) is 0 Å². The van der Waals surface area contributed by atoms with Crippen molar-refractivity contribution in [1.29, 1.82) is 0 Å². The third-order valence-electron chi connectivity index (χ3n) is 4.47. The van der Waals surface area contributed by atoms with Crippen molar-refractivity contribution in [3.05, 3.63) is 59.9 Å². The van der Waals surface area contributed by atoms with Crippen molar-refractivity contribution >= 4 is 17.5 Å². The van der Waals surface area contributed by atoms with E-state index in [1.54, 1.807) is 4.90 Å². The van der Waals surface area contributed by atoms with Gasteiger partial charge in [-0.05, 0) is 36.4 Å². The number of rotatable bonds is 6. The van der Waals surface area contributed by atoms with Crippen LogP contribution in [0, 0.1) is 17.5 Å². The molecule has 29 heavy (non-hydrogen) atoms. The Labute approximate surface area is 165 Å². The van der Waals surface area contributed by atoms with Crippen molar-refractivity contribution in [1.82, 2.24) is 9.80 Å². The summed E-state index contributed by atoms with van der Waals surface area (Å²) >= 11 is 0. The number of amides is 2. The van der Waals surface area contributed by atoms with Gasteiger partial charge in [-0.15, -0.1) is 0 Å². The van der Waals surface area contributed by atoms with Gasteiger partial charge in [0.15, 0.2) is 6.61 Å². The molecular weight excluding hydrogens is 387 g/mol. The Kier molecular flexibility index (Phi) is 6.71. The molecule has 0 aromatic heterocycles. The highest BCUT2D eigenvalue weighted by Gasteiger charge is 2.23. The molecule has 1 aliphatic heterocycles. The summed E-state index contributed by atoms with van der Waals surface area (Å²) in [6.07, 6.45) is 0. The molecule has 2 aromatic rings. The van der Waals surface area contributed by atoms with E-state index in [1.165, 1.54) is 24.3 Å². The van der Waals surface area contributed by atoms with Crippen LogP contribution in [0.25, 0.3) is 0 Å². The number of halogens is 3. The average molecular weight is 407 g/mol. The number of anilines is 1. The molecule has 0 atom stereocenters. The zero-order valence-electron chi connectivity index (χ0n) is 15.5. The molecule has 9 heteroatoms. The number of hydrogen-bond donors (Lipinski definition) is 1. The van der Waals surface area contributed by atoms with Crippen LogP contribution in [0.15, 0.2) is 42.5 Å². The molecule has 2 amide bonds. The van der Waals surface area contributed by atoms with Gasteiger partial charge in [-0.2, -0.15) is 0 Å². The highest BCUT2D eigenvalue weighted by Crippen LogP contribution is 2.15. The van der Waals surface area contributed by atoms with E-state index in [1.807, 2.05) is 4.90 Å². The minimum atomic E-state index is -0.712. The fraction of sp³-hybridized carbons (Fsp3) is 0.300. The second kappa shape index (κ2) is 9.42. The van der Waals surface area contributed by atoms with Gasteiger partial charge in [0, 0.05) is 32.2 Å². The van der Waals surface area contributed by atoms with Gasteiger partial charge in [0.2, 0.25) is 5.91 Å². The van der Waals surface area contributed by atoms with Crippen molar-refractivity contribution in [3.8, 4) is 5.75 Å². The molecule has 1 fully saturated rings. The lowest BCUT2D eigenvalue weighted by Gasteiger charge is -2.34. The van der Waals surface area contributed by atoms with Crippen LogP contribution in [0.3, 0.4) is 0 Å². The highest BCUT2D eigenvalue weighted by atomic mass is 19.1. The molecular formula is C20H20F3N3O3. The van der Waals surface area contributed by atoms with Crippen LogP contribution in [0.1, 0.15) is 0 Å². The van der Waals surface area contributed by atoms with Gasteiger partial charge in [0.25, 0.3) is 5.91 Å². The minimum absolute atomic E-state index is 0.00403. The van der Waals surface area contributed by atoms with Crippen molar-refractivity contribution in [2.75, 3.05) is 44.6 Å². The second-order valence-electron chi connectivity index (χ2n) is 6.57. The van der Waals surface area contributed by atoms with Gasteiger partial charge in [0.1, 0.15) is 23.2 Å². The third kappa shape index (κ3) is 5.95. The Morgan fingerprint density at radius 1 is 0.931 bits per heavy atom. The Morgan fingerprint density at radius 2 is 1.59 bits per heavy atom. The molecule has 0 bridgehead atoms. The predicted molar refractivity (Wildman–Crippen MR) is 99.9 cm³/mol. The quantitative estimate of drug-likeness (QED) is 0.798. The Morgan fingerprint density at radius 3 is 2.28 bits per heavy atom. The van der Waals surface area contributed by atoms with E-state index in [2.05, 4.69) is 5.32 Å². The summed E-state index contributed by atoms with van der Waals surface area (Å²) in [6.45, 7) is 1.58. The van der Waals surface area contributed by atoms with E-state index in [0.29, 0.717) is 31.9 Å². The second-order valence-corrected chi connectivity index (χ2v) is 6.57. The SMILES string of the molecule is O=C(CN1CCN(C(=O)COc2ccc(F)cc2)CC1)Nc1cc(F)ccc1F. The maximum atomic E-state index is 13.6. The molecule has 3 rings (SSSR count). The normalized spacial score (nSPS) is 14.5. The molecule has 0 aliphatic carbocycles. The number of nitrogens with one attached hydrogen (secondary N) is 1. The molecule has 0 unspecified atom stereocenters. The van der Waals surface area contributed by atoms with Crippen LogP contribution in [-0.4, -0.2) is 60.9 Å². The predicted octanol–water partition coefficient (Wildman–Crippen LogP) is 2.27. The smallest absolute Gasteiger partial charge is 0.260 e. The molecule has 154 valence electrons. The van der Waals surface area contributed by atoms with Crippen molar-refractivity contribution in [2.45, 2.75) is 0 Å². The average Bonchev–Trinajstić information content (AvgIpc) is 2.70. The zero-order chi connectivity index (χ0) is 20.8. The molecule has 2 aromatic carbocycles. The van der Waals surface area contributed by atoms with E-state index in [0.717, 1.165) is 18.2 Å². The first-order valence-corrected chi connectivity index (χ1v) is 9.04. The summed E-state index contributed by atoms with van der Waals surface area (Å²) in [6, 6.07) is 8.23. The molecule has 1 heterocycles. The number of benzene rings is 2. The van der Waals surface area contributed by atoms with Gasteiger partial charge >= 0.3 is 0 Å². The lowest BCUT2D eigenvalue weighted by Crippen LogP contribution is -2.51. The Balaban J connectivity index is 1.41. The zero-order valence-corrected chi connectivity index (χ0v) is 15.5. The highest BCUT2D eigenvalue weighted by molar-refractivity contribution is 5.92. The van der Waals surface area contributed by atoms with Crippen LogP contribution in [0.5, 0.6) is 5.75 Å². The van der Waals surface area contributed by atoms with Crippen molar-refractivity contribution in [2.24, 2.45) is 0 Å². The number of carbonyl (C=O) groups is 2. The monoisotopic (exact) mass is 407 g/mol. The summed E-state index contributed by atoms with van der Waals surface area (Å²) in [5.41, 5.74) is -0.207. The van der Waals surface area contributed by atoms with E-state index in [-0.39, 0.29) is 30.6 Å². The Bertz CT molecular complexity index is 869. The maximum absolute atomic E-state index is 13.6. The molecule has 1 N–H and O–H groups in total. The summed E-state index contributed by atoms with van der Waals surface area (Å²) in [5, 5.41) is 2.35. The van der Waals surface area contributed by atoms with Crippen LogP contribution in [0.2, 0.25) is 0 Å². The maximum Gasteiger partial charge on any atom is 0.260 e.